The van der Waals surface area contributed by atoms with Crippen LogP contribution in [-0.4, -0.2) is 6.71 Å². The van der Waals surface area contributed by atoms with Crippen molar-refractivity contribution in [3.63, 3.8) is 0 Å². The van der Waals surface area contributed by atoms with Crippen molar-refractivity contribution in [2.75, 3.05) is 9.80 Å². The number of hydrogen-bond donors (Lipinski definition) is 0. The molecule has 0 aliphatic carbocycles. The van der Waals surface area contributed by atoms with Crippen molar-refractivity contribution < 1.29 is 8.83 Å². The molecule has 0 saturated heterocycles. The second-order valence-electron chi connectivity index (χ2n) is 17.9. The summed E-state index contributed by atoms with van der Waals surface area (Å²) in [4.78, 5) is 5.19. The molecular formula is C62H37BN2O2. The number of rotatable bonds is 4. The average molecular weight is 853 g/mol. The lowest BCUT2D eigenvalue weighted by molar-refractivity contribution is 0.668. The topological polar surface area (TPSA) is 32.8 Å². The highest BCUT2D eigenvalue weighted by atomic mass is 16.3. The van der Waals surface area contributed by atoms with Crippen molar-refractivity contribution in [2.24, 2.45) is 0 Å². The monoisotopic (exact) mass is 852 g/mol. The average Bonchev–Trinajstić information content (AvgIpc) is 3.98. The Kier molecular flexibility index (Phi) is 7.55. The molecule has 310 valence electrons. The van der Waals surface area contributed by atoms with E-state index in [1.807, 2.05) is 0 Å². The zero-order valence-electron chi connectivity index (χ0n) is 36.2. The van der Waals surface area contributed by atoms with Gasteiger partial charge in [0.2, 0.25) is 0 Å². The standard InChI is InChI=1S/C62H37BN2O2/c1-3-16-38(17-4-1)44-32-30-40-20-7-9-22-42(40)59(44)64-50-26-15-27-51-58(50)63(48-34-36-54-56(61(48)64)46-24-11-13-28-52(46)66-54)49-35-37-55-57(47-25-12-14-29-53(47)67-55)62(49)65(51)60-43-23-10-8-21-41(43)31-33-45(60)39-18-5-2-6-19-39/h1-37H. The largest absolute Gasteiger partial charge is 0.456 e. The Morgan fingerprint density at radius 3 is 1.19 bits per heavy atom. The SMILES string of the molecule is c1ccc(-c2ccc3ccccc3c2N2c3cccc4c3B(c3ccc5oc6ccccc6c5c32)c2ccc3oc5ccccc5c3c2N4c2c(-c3ccccc3)ccc3ccccc23)cc1. The van der Waals surface area contributed by atoms with Gasteiger partial charge in [0.25, 0.3) is 6.71 Å². The molecule has 11 aromatic carbocycles. The highest BCUT2D eigenvalue weighted by Gasteiger charge is 2.46. The molecule has 15 rings (SSSR count). The minimum absolute atomic E-state index is 0.148. The molecule has 0 amide bonds. The molecule has 0 bridgehead atoms. The fourth-order valence-corrected chi connectivity index (χ4v) is 11.7. The van der Waals surface area contributed by atoms with Gasteiger partial charge in [-0.15, -0.1) is 0 Å². The molecule has 4 heterocycles. The Morgan fingerprint density at radius 2 is 0.716 bits per heavy atom. The van der Waals surface area contributed by atoms with E-state index in [9.17, 15) is 0 Å². The third kappa shape index (κ3) is 5.08. The van der Waals surface area contributed by atoms with Crippen LogP contribution in [-0.2, 0) is 0 Å². The van der Waals surface area contributed by atoms with E-state index in [-0.39, 0.29) is 6.71 Å². The molecule has 2 aromatic heterocycles. The predicted octanol–water partition coefficient (Wildman–Crippen LogP) is 15.2. The zero-order chi connectivity index (χ0) is 43.7. The first kappa shape index (κ1) is 36.5. The van der Waals surface area contributed by atoms with Crippen LogP contribution in [0.3, 0.4) is 0 Å². The van der Waals surface area contributed by atoms with E-state index in [4.69, 9.17) is 8.83 Å². The van der Waals surface area contributed by atoms with Crippen LogP contribution in [0.15, 0.2) is 233 Å². The Labute approximate surface area is 386 Å². The van der Waals surface area contributed by atoms with Gasteiger partial charge in [0.15, 0.2) is 0 Å². The van der Waals surface area contributed by atoms with E-state index >= 15 is 0 Å². The summed E-state index contributed by atoms with van der Waals surface area (Å²) in [5, 5.41) is 9.12. The van der Waals surface area contributed by atoms with Gasteiger partial charge in [0.1, 0.15) is 22.3 Å². The van der Waals surface area contributed by atoms with Crippen LogP contribution in [0.2, 0.25) is 0 Å². The molecule has 0 N–H and O–H groups in total. The number of nitrogens with zero attached hydrogens (tertiary/aromatic N) is 2. The van der Waals surface area contributed by atoms with Crippen molar-refractivity contribution in [1.82, 2.24) is 0 Å². The van der Waals surface area contributed by atoms with Crippen LogP contribution >= 0.6 is 0 Å². The lowest BCUT2D eigenvalue weighted by atomic mass is 9.33. The molecule has 0 unspecified atom stereocenters. The van der Waals surface area contributed by atoms with Gasteiger partial charge in [-0.05, 0) is 74.7 Å². The summed E-state index contributed by atoms with van der Waals surface area (Å²) >= 11 is 0. The third-order valence-electron chi connectivity index (χ3n) is 14.4. The van der Waals surface area contributed by atoms with Crippen molar-refractivity contribution in [2.45, 2.75) is 0 Å². The summed E-state index contributed by atoms with van der Waals surface area (Å²) in [5.74, 6) is 0. The summed E-state index contributed by atoms with van der Waals surface area (Å²) in [6, 6.07) is 81.6. The van der Waals surface area contributed by atoms with Gasteiger partial charge in [-0.3, -0.25) is 0 Å². The lowest BCUT2D eigenvalue weighted by Crippen LogP contribution is -2.61. The van der Waals surface area contributed by atoms with Crippen LogP contribution in [0, 0.1) is 0 Å². The first-order valence-electron chi connectivity index (χ1n) is 23.0. The normalized spacial score (nSPS) is 13.0. The molecule has 0 spiro atoms. The number of hydrogen-bond acceptors (Lipinski definition) is 4. The quantitative estimate of drug-likeness (QED) is 0.165. The Bertz CT molecular complexity index is 3930. The molecule has 2 aliphatic heterocycles. The fourth-order valence-electron chi connectivity index (χ4n) is 11.7. The van der Waals surface area contributed by atoms with Gasteiger partial charge >= 0.3 is 0 Å². The highest BCUT2D eigenvalue weighted by molar-refractivity contribution is 7.01. The van der Waals surface area contributed by atoms with Gasteiger partial charge in [-0.2, -0.15) is 0 Å². The van der Waals surface area contributed by atoms with Crippen LogP contribution in [0.25, 0.3) is 87.7 Å². The molecule has 67 heavy (non-hydrogen) atoms. The lowest BCUT2D eigenvalue weighted by Gasteiger charge is -2.45. The van der Waals surface area contributed by atoms with Crippen molar-refractivity contribution in [3.05, 3.63) is 224 Å². The maximum absolute atomic E-state index is 6.79. The van der Waals surface area contributed by atoms with E-state index in [1.165, 1.54) is 37.9 Å². The van der Waals surface area contributed by atoms with Crippen LogP contribution in [0.1, 0.15) is 0 Å². The summed E-state index contributed by atoms with van der Waals surface area (Å²) in [7, 11) is 0. The molecule has 5 heteroatoms. The Morgan fingerprint density at radius 1 is 0.299 bits per heavy atom. The molecule has 0 fully saturated rings. The van der Waals surface area contributed by atoms with Crippen molar-refractivity contribution in [1.29, 1.82) is 0 Å². The predicted molar refractivity (Wildman–Crippen MR) is 281 cm³/mol. The summed E-state index contributed by atoms with van der Waals surface area (Å²) < 4.78 is 13.6. The number of benzene rings is 11. The maximum Gasteiger partial charge on any atom is 0.252 e. The first-order valence-corrected chi connectivity index (χ1v) is 23.0. The minimum atomic E-state index is -0.148. The van der Waals surface area contributed by atoms with Crippen LogP contribution < -0.4 is 26.2 Å². The molecule has 0 saturated carbocycles. The smallest absolute Gasteiger partial charge is 0.252 e. The number of anilines is 6. The van der Waals surface area contributed by atoms with E-state index < -0.39 is 0 Å². The van der Waals surface area contributed by atoms with Crippen molar-refractivity contribution >= 4 is 123 Å². The second-order valence-corrected chi connectivity index (χ2v) is 17.9. The Balaban J connectivity index is 1.15. The van der Waals surface area contributed by atoms with E-state index in [0.29, 0.717) is 0 Å². The molecule has 4 nitrogen and oxygen atoms in total. The third-order valence-corrected chi connectivity index (χ3v) is 14.4. The van der Waals surface area contributed by atoms with Gasteiger partial charge in [-0.25, -0.2) is 0 Å². The van der Waals surface area contributed by atoms with E-state index in [0.717, 1.165) is 100 Å². The molecule has 13 aromatic rings. The number of para-hydroxylation sites is 2. The second kappa shape index (κ2) is 13.9. The van der Waals surface area contributed by atoms with Gasteiger partial charge in [0, 0.05) is 44.0 Å². The Hall–Kier alpha value is -8.80. The summed E-state index contributed by atoms with van der Waals surface area (Å²) in [6.07, 6.45) is 0. The van der Waals surface area contributed by atoms with Crippen LogP contribution in [0.5, 0.6) is 0 Å². The van der Waals surface area contributed by atoms with E-state index in [2.05, 4.69) is 234 Å². The van der Waals surface area contributed by atoms with Crippen LogP contribution in [0.4, 0.5) is 34.1 Å². The highest BCUT2D eigenvalue weighted by Crippen LogP contribution is 2.54. The van der Waals surface area contributed by atoms with Gasteiger partial charge in [-0.1, -0.05) is 188 Å². The minimum Gasteiger partial charge on any atom is -0.456 e. The van der Waals surface area contributed by atoms with E-state index in [1.54, 1.807) is 0 Å². The maximum atomic E-state index is 6.79. The fraction of sp³-hybridized carbons (Fsp3) is 0. The number of furan rings is 2. The van der Waals surface area contributed by atoms with Gasteiger partial charge < -0.3 is 18.6 Å². The molecule has 2 aliphatic rings. The summed E-state index contributed by atoms with van der Waals surface area (Å²) in [6.45, 7) is -0.148. The summed E-state index contributed by atoms with van der Waals surface area (Å²) in [5.41, 5.74) is 18.6. The molecule has 0 atom stereocenters. The number of fused-ring (bicyclic) bond motifs is 14. The zero-order valence-corrected chi connectivity index (χ0v) is 36.2. The first-order chi connectivity index (χ1) is 33.3. The molecular weight excluding hydrogens is 816 g/mol. The van der Waals surface area contributed by atoms with Gasteiger partial charge in [0.05, 0.1) is 33.5 Å². The molecule has 0 radical (unpaired) electrons. The van der Waals surface area contributed by atoms with Crippen molar-refractivity contribution in [3.8, 4) is 22.3 Å².